The van der Waals surface area contributed by atoms with Crippen molar-refractivity contribution in [2.45, 2.75) is 26.6 Å². The van der Waals surface area contributed by atoms with Crippen LogP contribution in [-0.4, -0.2) is 25.5 Å². The Morgan fingerprint density at radius 3 is 2.14 bits per heavy atom. The molecule has 0 saturated heterocycles. The summed E-state index contributed by atoms with van der Waals surface area (Å²) in [6.07, 6.45) is -4.65. The molecule has 0 aliphatic rings. The Morgan fingerprint density at radius 1 is 0.943 bits per heavy atom. The Balaban J connectivity index is 1.44. The fraction of sp³-hybridized carbons (Fsp3) is 0.160. The van der Waals surface area contributed by atoms with Crippen molar-refractivity contribution in [3.63, 3.8) is 0 Å². The first-order valence-electron chi connectivity index (χ1n) is 10.8. The van der Waals surface area contributed by atoms with E-state index in [1.54, 1.807) is 35.0 Å². The van der Waals surface area contributed by atoms with E-state index in [0.717, 1.165) is 34.0 Å². The minimum Gasteiger partial charge on any atom is -0.347 e. The molecular weight excluding hydrogens is 475 g/mol. The van der Waals surface area contributed by atoms with Gasteiger partial charge in [0, 0.05) is 23.2 Å². The summed E-state index contributed by atoms with van der Waals surface area (Å²) in [6.45, 7) is 3.98. The van der Waals surface area contributed by atoms with Gasteiger partial charge in [0.05, 0.1) is 21.9 Å². The van der Waals surface area contributed by atoms with Crippen LogP contribution in [0.5, 0.6) is 0 Å². The van der Waals surface area contributed by atoms with Crippen molar-refractivity contribution in [3.05, 3.63) is 94.3 Å². The molecule has 0 spiro atoms. The highest BCUT2D eigenvalue weighted by Crippen LogP contribution is 2.38. The first-order valence-corrected chi connectivity index (χ1v) is 11.6. The van der Waals surface area contributed by atoms with Crippen LogP contribution in [0.1, 0.15) is 32.3 Å². The van der Waals surface area contributed by atoms with Crippen LogP contribution in [-0.2, 0) is 12.7 Å². The average molecular weight is 496 g/mol. The number of nitrogens with one attached hydrogen (secondary N) is 1. The van der Waals surface area contributed by atoms with Gasteiger partial charge in [0.2, 0.25) is 0 Å². The van der Waals surface area contributed by atoms with Crippen LogP contribution >= 0.6 is 11.3 Å². The topological polar surface area (TPSA) is 64.7 Å². The standard InChI is InChI=1S/C25H20F3N5OS/c1-15-20(16(2)32(30-15)17-9-5-3-6-10-17)14-29-23(34)21-13-19-22(25(26,27)28)31-33(24(19)35-21)18-11-7-4-8-12-18/h3-13H,14H2,1-2H3,(H,29,34). The molecule has 0 saturated carbocycles. The average Bonchev–Trinajstić information content (AvgIpc) is 3.50. The van der Waals surface area contributed by atoms with E-state index in [9.17, 15) is 18.0 Å². The second kappa shape index (κ2) is 8.70. The maximum absolute atomic E-state index is 13.7. The zero-order chi connectivity index (χ0) is 24.7. The van der Waals surface area contributed by atoms with E-state index in [-0.39, 0.29) is 21.6 Å². The van der Waals surface area contributed by atoms with Gasteiger partial charge < -0.3 is 5.32 Å². The van der Waals surface area contributed by atoms with Crippen LogP contribution in [0.4, 0.5) is 13.2 Å². The number of aromatic nitrogens is 4. The lowest BCUT2D eigenvalue weighted by atomic mass is 10.2. The molecular formula is C25H20F3N5OS. The van der Waals surface area contributed by atoms with Crippen molar-refractivity contribution in [1.29, 1.82) is 0 Å². The number of fused-ring (bicyclic) bond motifs is 1. The third-order valence-corrected chi connectivity index (χ3v) is 6.83. The SMILES string of the molecule is Cc1nn(-c2ccccc2)c(C)c1CNC(=O)c1cc2c(C(F)(F)F)nn(-c3ccccc3)c2s1. The number of nitrogens with zero attached hydrogens (tertiary/aromatic N) is 4. The molecule has 0 unspecified atom stereocenters. The van der Waals surface area contributed by atoms with Crippen molar-refractivity contribution in [3.8, 4) is 11.4 Å². The van der Waals surface area contributed by atoms with Gasteiger partial charge in [0.15, 0.2) is 5.69 Å². The second-order valence-corrected chi connectivity index (χ2v) is 9.03. The normalized spacial score (nSPS) is 11.8. The first kappa shape index (κ1) is 22.9. The molecule has 3 aromatic heterocycles. The molecule has 10 heteroatoms. The van der Waals surface area contributed by atoms with Gasteiger partial charge in [-0.2, -0.15) is 23.4 Å². The molecule has 178 valence electrons. The number of amides is 1. The van der Waals surface area contributed by atoms with Gasteiger partial charge in [-0.3, -0.25) is 4.79 Å². The van der Waals surface area contributed by atoms with E-state index >= 15 is 0 Å². The number of alkyl halides is 3. The number of rotatable bonds is 5. The summed E-state index contributed by atoms with van der Waals surface area (Å²) in [7, 11) is 0. The molecule has 0 aliphatic heterocycles. The van der Waals surface area contributed by atoms with Crippen molar-refractivity contribution < 1.29 is 18.0 Å². The third kappa shape index (κ3) is 4.21. The summed E-state index contributed by atoms with van der Waals surface area (Å²) >= 11 is 0.977. The molecule has 2 aromatic carbocycles. The van der Waals surface area contributed by atoms with Gasteiger partial charge in [-0.25, -0.2) is 9.36 Å². The number of benzene rings is 2. The second-order valence-electron chi connectivity index (χ2n) is 8.00. The Bertz CT molecular complexity index is 1520. The van der Waals surface area contributed by atoms with E-state index in [1.807, 2.05) is 44.2 Å². The maximum atomic E-state index is 13.7. The number of para-hydroxylation sites is 2. The number of hydrogen-bond acceptors (Lipinski definition) is 4. The van der Waals surface area contributed by atoms with E-state index in [4.69, 9.17) is 0 Å². The Kier molecular flexibility index (Phi) is 5.68. The van der Waals surface area contributed by atoms with E-state index in [2.05, 4.69) is 15.5 Å². The molecule has 3 heterocycles. The minimum absolute atomic E-state index is 0.0965. The summed E-state index contributed by atoms with van der Waals surface area (Å²) in [5.41, 5.74) is 2.88. The number of carbonyl (C=O) groups excluding carboxylic acids is 1. The Hall–Kier alpha value is -3.92. The van der Waals surface area contributed by atoms with Crippen LogP contribution < -0.4 is 5.32 Å². The van der Waals surface area contributed by atoms with Crippen molar-refractivity contribution in [1.82, 2.24) is 24.9 Å². The fourth-order valence-electron chi connectivity index (χ4n) is 3.98. The molecule has 6 nitrogen and oxygen atoms in total. The lowest BCUT2D eigenvalue weighted by Gasteiger charge is -2.07. The van der Waals surface area contributed by atoms with Gasteiger partial charge in [0.25, 0.3) is 5.91 Å². The fourth-order valence-corrected chi connectivity index (χ4v) is 5.03. The monoisotopic (exact) mass is 495 g/mol. The summed E-state index contributed by atoms with van der Waals surface area (Å²) in [4.78, 5) is 13.4. The molecule has 0 atom stereocenters. The molecule has 5 rings (SSSR count). The molecule has 0 aliphatic carbocycles. The maximum Gasteiger partial charge on any atom is 0.435 e. The largest absolute Gasteiger partial charge is 0.435 e. The van der Waals surface area contributed by atoms with Crippen LogP contribution in [0, 0.1) is 13.8 Å². The molecule has 5 aromatic rings. The number of hydrogen-bond donors (Lipinski definition) is 1. The summed E-state index contributed by atoms with van der Waals surface area (Å²) in [5, 5.41) is 11.1. The van der Waals surface area contributed by atoms with Crippen molar-refractivity contribution in [2.24, 2.45) is 0 Å². The van der Waals surface area contributed by atoms with Crippen LogP contribution in [0.15, 0.2) is 66.7 Å². The van der Waals surface area contributed by atoms with E-state index in [1.165, 1.54) is 10.7 Å². The molecule has 35 heavy (non-hydrogen) atoms. The highest BCUT2D eigenvalue weighted by Gasteiger charge is 2.38. The van der Waals surface area contributed by atoms with Crippen molar-refractivity contribution in [2.75, 3.05) is 0 Å². The summed E-state index contributed by atoms with van der Waals surface area (Å²) in [6, 6.07) is 19.4. The first-order chi connectivity index (χ1) is 16.7. The minimum atomic E-state index is -4.65. The van der Waals surface area contributed by atoms with Gasteiger partial charge in [-0.1, -0.05) is 36.4 Å². The van der Waals surface area contributed by atoms with E-state index in [0.29, 0.717) is 5.69 Å². The smallest absolute Gasteiger partial charge is 0.347 e. The molecule has 1 N–H and O–H groups in total. The Labute approximate surface area is 202 Å². The van der Waals surface area contributed by atoms with Crippen LogP contribution in [0.2, 0.25) is 0 Å². The van der Waals surface area contributed by atoms with Crippen LogP contribution in [0.25, 0.3) is 21.6 Å². The molecule has 0 radical (unpaired) electrons. The zero-order valence-electron chi connectivity index (χ0n) is 18.8. The summed E-state index contributed by atoms with van der Waals surface area (Å²) < 4.78 is 44.1. The van der Waals surface area contributed by atoms with Gasteiger partial charge in [-0.05, 0) is 44.2 Å². The number of thiophene rings is 1. The number of halogens is 3. The predicted octanol–water partition coefficient (Wildman–Crippen LogP) is 5.84. The van der Waals surface area contributed by atoms with Gasteiger partial charge >= 0.3 is 6.18 Å². The number of aryl methyl sites for hydroxylation is 1. The van der Waals surface area contributed by atoms with Crippen molar-refractivity contribution >= 4 is 27.5 Å². The van der Waals surface area contributed by atoms with Gasteiger partial charge in [-0.15, -0.1) is 11.3 Å². The third-order valence-electron chi connectivity index (χ3n) is 5.72. The van der Waals surface area contributed by atoms with E-state index < -0.39 is 17.8 Å². The summed E-state index contributed by atoms with van der Waals surface area (Å²) in [5.74, 6) is -0.454. The molecule has 1 amide bonds. The molecule has 0 bridgehead atoms. The molecule has 0 fully saturated rings. The predicted molar refractivity (Wildman–Crippen MR) is 128 cm³/mol. The highest BCUT2D eigenvalue weighted by atomic mass is 32.1. The lowest BCUT2D eigenvalue weighted by Crippen LogP contribution is -2.22. The highest BCUT2D eigenvalue weighted by molar-refractivity contribution is 7.20. The number of carbonyl (C=O) groups is 1. The van der Waals surface area contributed by atoms with Crippen LogP contribution in [0.3, 0.4) is 0 Å². The lowest BCUT2D eigenvalue weighted by molar-refractivity contribution is -0.140. The Morgan fingerprint density at radius 2 is 1.54 bits per heavy atom. The van der Waals surface area contributed by atoms with Gasteiger partial charge in [0.1, 0.15) is 4.83 Å². The quantitative estimate of drug-likeness (QED) is 0.333. The zero-order valence-corrected chi connectivity index (χ0v) is 19.6.